The second-order valence-electron chi connectivity index (χ2n) is 6.12. The molecule has 0 atom stereocenters. The third-order valence-electron chi connectivity index (χ3n) is 4.11. The average Bonchev–Trinajstić information content (AvgIpc) is 3.40. The highest BCUT2D eigenvalue weighted by molar-refractivity contribution is 5.91. The van der Waals surface area contributed by atoms with Crippen LogP contribution in [-0.2, 0) is 11.2 Å². The number of rotatable bonds is 6. The van der Waals surface area contributed by atoms with Gasteiger partial charge in [0.15, 0.2) is 23.8 Å². The summed E-state index contributed by atoms with van der Waals surface area (Å²) < 4.78 is 23.9. The van der Waals surface area contributed by atoms with E-state index < -0.39 is 0 Å². The van der Waals surface area contributed by atoms with Crippen molar-refractivity contribution in [3.63, 3.8) is 0 Å². The summed E-state index contributed by atoms with van der Waals surface area (Å²) in [7, 11) is 0. The normalized spacial score (nSPS) is 10.8. The van der Waals surface area contributed by atoms with Gasteiger partial charge in [-0.25, -0.2) is 14.4 Å². The lowest BCUT2D eigenvalue weighted by Gasteiger charge is -2.05. The predicted molar refractivity (Wildman–Crippen MR) is 101 cm³/mol. The molecule has 1 amide bonds. The van der Waals surface area contributed by atoms with Gasteiger partial charge in [0.2, 0.25) is 5.91 Å². The smallest absolute Gasteiger partial charge is 0.224 e. The number of amides is 1. The lowest BCUT2D eigenvalue weighted by atomic mass is 10.1. The van der Waals surface area contributed by atoms with Gasteiger partial charge in [-0.1, -0.05) is 12.1 Å². The molecule has 140 valence electrons. The Bertz CT molecular complexity index is 1070. The Hall–Kier alpha value is -3.74. The number of benzene rings is 2. The number of halogens is 1. The van der Waals surface area contributed by atoms with E-state index in [4.69, 9.17) is 8.83 Å². The summed E-state index contributed by atoms with van der Waals surface area (Å²) in [5.74, 6) is 1.15. The van der Waals surface area contributed by atoms with Crippen LogP contribution in [0, 0.1) is 5.82 Å². The lowest BCUT2D eigenvalue weighted by molar-refractivity contribution is -0.116. The molecule has 2 heterocycles. The fraction of sp³-hybridized carbons (Fsp3) is 0.0952. The van der Waals surface area contributed by atoms with Gasteiger partial charge in [-0.2, -0.15) is 0 Å². The molecule has 4 rings (SSSR count). The van der Waals surface area contributed by atoms with Gasteiger partial charge in [0.25, 0.3) is 0 Å². The van der Waals surface area contributed by atoms with Crippen molar-refractivity contribution in [3.8, 4) is 22.6 Å². The number of nitrogens with zero attached hydrogens (tertiary/aromatic N) is 2. The zero-order valence-corrected chi connectivity index (χ0v) is 14.8. The zero-order chi connectivity index (χ0) is 19.3. The first kappa shape index (κ1) is 17.7. The number of nitrogens with one attached hydrogen (secondary N) is 1. The first-order chi connectivity index (χ1) is 13.7. The van der Waals surface area contributed by atoms with Gasteiger partial charge >= 0.3 is 0 Å². The van der Waals surface area contributed by atoms with Crippen molar-refractivity contribution < 1.29 is 18.0 Å². The molecule has 7 heteroatoms. The Balaban J connectivity index is 1.35. The third kappa shape index (κ3) is 4.15. The van der Waals surface area contributed by atoms with E-state index in [2.05, 4.69) is 15.3 Å². The first-order valence-electron chi connectivity index (χ1n) is 8.67. The number of oxazole rings is 2. The molecule has 0 saturated heterocycles. The van der Waals surface area contributed by atoms with E-state index in [0.29, 0.717) is 29.5 Å². The van der Waals surface area contributed by atoms with Crippen LogP contribution in [-0.4, -0.2) is 15.9 Å². The Morgan fingerprint density at radius 3 is 2.68 bits per heavy atom. The molecular formula is C21H16FN3O3. The minimum atomic E-state index is -0.312. The highest BCUT2D eigenvalue weighted by Gasteiger charge is 2.10. The summed E-state index contributed by atoms with van der Waals surface area (Å²) in [5.41, 5.74) is 2.22. The van der Waals surface area contributed by atoms with Gasteiger partial charge in [-0.15, -0.1) is 0 Å². The topological polar surface area (TPSA) is 81.2 Å². The maximum atomic E-state index is 13.0. The average molecular weight is 377 g/mol. The summed E-state index contributed by atoms with van der Waals surface area (Å²) in [6, 6.07) is 13.3. The Morgan fingerprint density at radius 1 is 1.04 bits per heavy atom. The SMILES string of the molecule is O=C(CCc1ncc(-c2ccc(F)cc2)o1)Nc1cccc(-c2cnco2)c1. The second kappa shape index (κ2) is 7.87. The van der Waals surface area contributed by atoms with E-state index in [0.717, 1.165) is 11.1 Å². The molecule has 0 spiro atoms. The fourth-order valence-electron chi connectivity index (χ4n) is 2.73. The van der Waals surface area contributed by atoms with Gasteiger partial charge < -0.3 is 14.2 Å². The summed E-state index contributed by atoms with van der Waals surface area (Å²) >= 11 is 0. The van der Waals surface area contributed by atoms with Gasteiger partial charge in [0.05, 0.1) is 12.4 Å². The third-order valence-corrected chi connectivity index (χ3v) is 4.11. The summed E-state index contributed by atoms with van der Waals surface area (Å²) in [5, 5.41) is 2.85. The molecule has 0 aliphatic rings. The number of aryl methyl sites for hydroxylation is 1. The van der Waals surface area contributed by atoms with Crippen LogP contribution < -0.4 is 5.32 Å². The molecule has 0 aliphatic carbocycles. The molecule has 2 aromatic heterocycles. The predicted octanol–water partition coefficient (Wildman–Crippen LogP) is 4.71. The molecule has 0 unspecified atom stereocenters. The molecule has 0 saturated carbocycles. The monoisotopic (exact) mass is 377 g/mol. The standard InChI is InChI=1S/C21H16FN3O3/c22-16-6-4-14(5-7-16)19-12-24-21(28-19)9-8-20(26)25-17-3-1-2-15(10-17)18-11-23-13-27-18/h1-7,10-13H,8-9H2,(H,25,26). The van der Waals surface area contributed by atoms with Crippen molar-refractivity contribution in [2.24, 2.45) is 0 Å². The van der Waals surface area contributed by atoms with Crippen LogP contribution in [0.2, 0.25) is 0 Å². The van der Waals surface area contributed by atoms with Crippen LogP contribution in [0.4, 0.5) is 10.1 Å². The summed E-state index contributed by atoms with van der Waals surface area (Å²) in [6.07, 6.45) is 5.12. The summed E-state index contributed by atoms with van der Waals surface area (Å²) in [4.78, 5) is 20.3. The van der Waals surface area contributed by atoms with E-state index in [-0.39, 0.29) is 18.1 Å². The second-order valence-corrected chi connectivity index (χ2v) is 6.12. The van der Waals surface area contributed by atoms with Crippen molar-refractivity contribution in [1.29, 1.82) is 0 Å². The number of carbonyl (C=O) groups is 1. The maximum Gasteiger partial charge on any atom is 0.224 e. The van der Waals surface area contributed by atoms with Gasteiger partial charge in [-0.05, 0) is 36.4 Å². The van der Waals surface area contributed by atoms with Crippen molar-refractivity contribution >= 4 is 11.6 Å². The van der Waals surface area contributed by atoms with Gasteiger partial charge in [0, 0.05) is 29.7 Å². The van der Waals surface area contributed by atoms with Crippen molar-refractivity contribution in [3.05, 3.63) is 79.0 Å². The van der Waals surface area contributed by atoms with E-state index >= 15 is 0 Å². The molecule has 6 nitrogen and oxygen atoms in total. The first-order valence-corrected chi connectivity index (χ1v) is 8.67. The number of aromatic nitrogens is 2. The Kier molecular flexibility index (Phi) is 4.97. The molecular weight excluding hydrogens is 361 g/mol. The molecule has 1 N–H and O–H groups in total. The number of hydrogen-bond donors (Lipinski definition) is 1. The molecule has 2 aromatic carbocycles. The van der Waals surface area contributed by atoms with Crippen LogP contribution in [0.5, 0.6) is 0 Å². The molecule has 0 fully saturated rings. The lowest BCUT2D eigenvalue weighted by Crippen LogP contribution is -2.12. The van der Waals surface area contributed by atoms with E-state index in [1.54, 1.807) is 30.6 Å². The molecule has 0 aliphatic heterocycles. The number of hydrogen-bond acceptors (Lipinski definition) is 5. The van der Waals surface area contributed by atoms with E-state index in [9.17, 15) is 9.18 Å². The van der Waals surface area contributed by atoms with Gasteiger partial charge in [0.1, 0.15) is 5.82 Å². The highest BCUT2D eigenvalue weighted by atomic mass is 19.1. The fourth-order valence-corrected chi connectivity index (χ4v) is 2.73. The van der Waals surface area contributed by atoms with Crippen molar-refractivity contribution in [2.45, 2.75) is 12.8 Å². The Labute approximate surface area is 160 Å². The van der Waals surface area contributed by atoms with E-state index in [1.807, 2.05) is 18.2 Å². The van der Waals surface area contributed by atoms with Crippen LogP contribution >= 0.6 is 0 Å². The quantitative estimate of drug-likeness (QED) is 0.526. The van der Waals surface area contributed by atoms with Crippen LogP contribution in [0.1, 0.15) is 12.3 Å². The molecule has 4 aromatic rings. The summed E-state index contributed by atoms with van der Waals surface area (Å²) in [6.45, 7) is 0. The van der Waals surface area contributed by atoms with Crippen LogP contribution in [0.15, 0.2) is 76.2 Å². The highest BCUT2D eigenvalue weighted by Crippen LogP contribution is 2.23. The molecule has 0 radical (unpaired) electrons. The van der Waals surface area contributed by atoms with Crippen molar-refractivity contribution in [1.82, 2.24) is 9.97 Å². The van der Waals surface area contributed by atoms with Crippen LogP contribution in [0.25, 0.3) is 22.6 Å². The Morgan fingerprint density at radius 2 is 1.89 bits per heavy atom. The van der Waals surface area contributed by atoms with Gasteiger partial charge in [-0.3, -0.25) is 4.79 Å². The zero-order valence-electron chi connectivity index (χ0n) is 14.8. The number of carbonyl (C=O) groups excluding carboxylic acids is 1. The van der Waals surface area contributed by atoms with Crippen LogP contribution in [0.3, 0.4) is 0 Å². The maximum absolute atomic E-state index is 13.0. The number of anilines is 1. The largest absolute Gasteiger partial charge is 0.444 e. The minimum Gasteiger partial charge on any atom is -0.444 e. The van der Waals surface area contributed by atoms with Crippen molar-refractivity contribution in [2.75, 3.05) is 5.32 Å². The molecule has 0 bridgehead atoms. The molecule has 28 heavy (non-hydrogen) atoms. The van der Waals surface area contributed by atoms with E-state index in [1.165, 1.54) is 18.5 Å². The minimum absolute atomic E-state index is 0.156.